The molecule has 3 N–H and O–H groups in total. The molecule has 2 fully saturated rings. The number of nitrogens with one attached hydrogen (secondary N) is 1. The summed E-state index contributed by atoms with van der Waals surface area (Å²) in [5.41, 5.74) is 6.51. The van der Waals surface area contributed by atoms with Gasteiger partial charge in [0.1, 0.15) is 0 Å². The van der Waals surface area contributed by atoms with E-state index in [0.717, 1.165) is 25.7 Å². The predicted octanol–water partition coefficient (Wildman–Crippen LogP) is 3.63. The number of carbonyl (C=O) groups excluding carboxylic acids is 1. The van der Waals surface area contributed by atoms with Crippen LogP contribution in [0.15, 0.2) is 18.2 Å². The van der Waals surface area contributed by atoms with Gasteiger partial charge < -0.3 is 11.1 Å². The van der Waals surface area contributed by atoms with E-state index in [-0.39, 0.29) is 18.0 Å². The molecule has 114 valence electrons. The molecular formula is C16H20Cl2N2O. The molecule has 2 unspecified atom stereocenters. The molecule has 1 aromatic rings. The number of benzene rings is 1. The lowest BCUT2D eigenvalue weighted by molar-refractivity contribution is 0.0756. The molecule has 2 atom stereocenters. The Labute approximate surface area is 135 Å². The van der Waals surface area contributed by atoms with Gasteiger partial charge in [0, 0.05) is 12.1 Å². The maximum absolute atomic E-state index is 12.6. The zero-order valence-corrected chi connectivity index (χ0v) is 13.3. The molecular weight excluding hydrogens is 307 g/mol. The molecule has 5 heteroatoms. The molecule has 0 saturated heterocycles. The summed E-state index contributed by atoms with van der Waals surface area (Å²) in [6, 6.07) is 5.62. The van der Waals surface area contributed by atoms with Gasteiger partial charge in [-0.3, -0.25) is 4.79 Å². The zero-order valence-electron chi connectivity index (χ0n) is 11.8. The number of amides is 1. The number of carbonyl (C=O) groups is 1. The Morgan fingerprint density at radius 1 is 1.14 bits per heavy atom. The van der Waals surface area contributed by atoms with Crippen molar-refractivity contribution in [3.63, 3.8) is 0 Å². The fourth-order valence-electron chi connectivity index (χ4n) is 3.96. The Morgan fingerprint density at radius 2 is 1.71 bits per heavy atom. The number of halogens is 2. The first kappa shape index (κ1) is 15.1. The Balaban J connectivity index is 1.78. The van der Waals surface area contributed by atoms with Crippen LogP contribution in [0.2, 0.25) is 10.0 Å². The lowest BCUT2D eigenvalue weighted by Crippen LogP contribution is -2.53. The highest BCUT2D eigenvalue weighted by Gasteiger charge is 2.40. The van der Waals surface area contributed by atoms with E-state index in [1.54, 1.807) is 18.2 Å². The number of rotatable bonds is 2. The van der Waals surface area contributed by atoms with Gasteiger partial charge in [0.05, 0.1) is 15.6 Å². The number of fused-ring (bicyclic) bond motifs is 2. The Hall–Kier alpha value is -0.770. The molecule has 0 heterocycles. The first-order valence-corrected chi connectivity index (χ1v) is 8.32. The summed E-state index contributed by atoms with van der Waals surface area (Å²) < 4.78 is 0. The van der Waals surface area contributed by atoms with Gasteiger partial charge in [-0.05, 0) is 49.7 Å². The largest absolute Gasteiger partial charge is 0.349 e. The fourth-order valence-corrected chi connectivity index (χ4v) is 4.53. The van der Waals surface area contributed by atoms with Crippen molar-refractivity contribution in [2.75, 3.05) is 0 Å². The predicted molar refractivity (Wildman–Crippen MR) is 85.8 cm³/mol. The molecule has 2 aliphatic carbocycles. The average molecular weight is 327 g/mol. The molecule has 2 saturated carbocycles. The topological polar surface area (TPSA) is 55.1 Å². The first-order valence-electron chi connectivity index (χ1n) is 7.56. The van der Waals surface area contributed by atoms with Crippen LogP contribution in [0.4, 0.5) is 0 Å². The van der Waals surface area contributed by atoms with Crippen molar-refractivity contribution < 1.29 is 4.79 Å². The van der Waals surface area contributed by atoms with E-state index in [4.69, 9.17) is 28.9 Å². The van der Waals surface area contributed by atoms with Crippen molar-refractivity contribution in [2.24, 2.45) is 17.6 Å². The van der Waals surface area contributed by atoms with Crippen molar-refractivity contribution in [2.45, 2.75) is 44.2 Å². The molecule has 3 rings (SSSR count). The van der Waals surface area contributed by atoms with E-state index in [9.17, 15) is 4.79 Å². The van der Waals surface area contributed by atoms with Crippen molar-refractivity contribution >= 4 is 29.1 Å². The molecule has 21 heavy (non-hydrogen) atoms. The second-order valence-electron chi connectivity index (χ2n) is 6.28. The smallest absolute Gasteiger partial charge is 0.254 e. The average Bonchev–Trinajstić information content (AvgIpc) is 2.39. The second kappa shape index (κ2) is 6.15. The quantitative estimate of drug-likeness (QED) is 0.871. The van der Waals surface area contributed by atoms with E-state index in [1.165, 1.54) is 6.42 Å². The summed E-state index contributed by atoms with van der Waals surface area (Å²) in [4.78, 5) is 12.6. The summed E-state index contributed by atoms with van der Waals surface area (Å²) in [5, 5.41) is 3.98. The third-order valence-electron chi connectivity index (χ3n) is 4.86. The van der Waals surface area contributed by atoms with Gasteiger partial charge in [0.25, 0.3) is 5.91 Å². The van der Waals surface area contributed by atoms with Gasteiger partial charge in [-0.1, -0.05) is 35.7 Å². The van der Waals surface area contributed by atoms with Crippen LogP contribution < -0.4 is 11.1 Å². The van der Waals surface area contributed by atoms with Crippen LogP contribution in [0.3, 0.4) is 0 Å². The van der Waals surface area contributed by atoms with Gasteiger partial charge in [0.2, 0.25) is 0 Å². The lowest BCUT2D eigenvalue weighted by atomic mass is 9.67. The van der Waals surface area contributed by atoms with Crippen LogP contribution in [0.1, 0.15) is 42.5 Å². The fraction of sp³-hybridized carbons (Fsp3) is 0.562. The molecule has 1 aromatic carbocycles. The maximum atomic E-state index is 12.6. The molecule has 0 aliphatic heterocycles. The molecule has 1 amide bonds. The van der Waals surface area contributed by atoms with E-state index in [2.05, 4.69) is 5.32 Å². The van der Waals surface area contributed by atoms with Crippen LogP contribution in [0.5, 0.6) is 0 Å². The van der Waals surface area contributed by atoms with Crippen molar-refractivity contribution in [1.82, 2.24) is 5.32 Å². The molecule has 2 bridgehead atoms. The van der Waals surface area contributed by atoms with Gasteiger partial charge in [-0.25, -0.2) is 0 Å². The number of hydrogen-bond acceptors (Lipinski definition) is 2. The summed E-state index contributed by atoms with van der Waals surface area (Å²) in [6.45, 7) is 0. The third-order valence-corrected chi connectivity index (χ3v) is 5.49. The standard InChI is InChI=1S/C16H20Cl2N2O/c17-12-5-2-6-13(18)14(12)16(21)20-15-9-3-1-4-10(15)8-11(19)7-9/h2,5-6,9-11,15H,1,3-4,7-8,19H2,(H,20,21). The highest BCUT2D eigenvalue weighted by Crippen LogP contribution is 2.40. The van der Waals surface area contributed by atoms with Gasteiger partial charge in [-0.15, -0.1) is 0 Å². The Bertz CT molecular complexity index is 515. The monoisotopic (exact) mass is 326 g/mol. The van der Waals surface area contributed by atoms with Crippen LogP contribution in [0.25, 0.3) is 0 Å². The Morgan fingerprint density at radius 3 is 2.29 bits per heavy atom. The molecule has 3 nitrogen and oxygen atoms in total. The van der Waals surface area contributed by atoms with E-state index >= 15 is 0 Å². The summed E-state index contributed by atoms with van der Waals surface area (Å²) >= 11 is 12.2. The summed E-state index contributed by atoms with van der Waals surface area (Å²) in [6.07, 6.45) is 5.52. The number of hydrogen-bond donors (Lipinski definition) is 2. The lowest BCUT2D eigenvalue weighted by Gasteiger charge is -2.45. The molecule has 0 aromatic heterocycles. The van der Waals surface area contributed by atoms with Crippen molar-refractivity contribution in [3.05, 3.63) is 33.8 Å². The highest BCUT2D eigenvalue weighted by molar-refractivity contribution is 6.39. The minimum Gasteiger partial charge on any atom is -0.349 e. The van der Waals surface area contributed by atoms with E-state index in [1.807, 2.05) is 0 Å². The molecule has 2 aliphatic rings. The van der Waals surface area contributed by atoms with Crippen LogP contribution in [-0.4, -0.2) is 18.0 Å². The zero-order chi connectivity index (χ0) is 15.0. The highest BCUT2D eigenvalue weighted by atomic mass is 35.5. The van der Waals surface area contributed by atoms with Crippen LogP contribution >= 0.6 is 23.2 Å². The number of nitrogens with two attached hydrogens (primary N) is 1. The minimum absolute atomic E-state index is 0.164. The van der Waals surface area contributed by atoms with Crippen molar-refractivity contribution in [1.29, 1.82) is 0 Å². The van der Waals surface area contributed by atoms with Gasteiger partial charge in [0.15, 0.2) is 0 Å². The summed E-state index contributed by atoms with van der Waals surface area (Å²) in [5.74, 6) is 0.804. The maximum Gasteiger partial charge on any atom is 0.254 e. The SMILES string of the molecule is NC1CC2CCCC(C1)C2NC(=O)c1c(Cl)cccc1Cl. The van der Waals surface area contributed by atoms with Crippen molar-refractivity contribution in [3.8, 4) is 0 Å². The first-order chi connectivity index (χ1) is 10.1. The molecule has 0 radical (unpaired) electrons. The van der Waals surface area contributed by atoms with Gasteiger partial charge >= 0.3 is 0 Å². The summed E-state index contributed by atoms with van der Waals surface area (Å²) in [7, 11) is 0. The molecule has 0 spiro atoms. The van der Waals surface area contributed by atoms with Crippen LogP contribution in [0, 0.1) is 11.8 Å². The normalized spacial score (nSPS) is 31.8. The van der Waals surface area contributed by atoms with Gasteiger partial charge in [-0.2, -0.15) is 0 Å². The third kappa shape index (κ3) is 3.05. The Kier molecular flexibility index (Phi) is 4.43. The minimum atomic E-state index is -0.164. The second-order valence-corrected chi connectivity index (χ2v) is 7.09. The van der Waals surface area contributed by atoms with E-state index < -0.39 is 0 Å². The van der Waals surface area contributed by atoms with Crippen LogP contribution in [-0.2, 0) is 0 Å². The van der Waals surface area contributed by atoms with E-state index in [0.29, 0.717) is 27.4 Å².